The zero-order valence-electron chi connectivity index (χ0n) is 11.9. The van der Waals surface area contributed by atoms with E-state index in [1.54, 1.807) is 11.3 Å². The Bertz CT molecular complexity index is 675. The van der Waals surface area contributed by atoms with Gasteiger partial charge in [0.25, 0.3) is 5.91 Å². The number of aromatic amines is 1. The number of rotatable bonds is 5. The molecule has 2 heterocycles. The molecule has 1 amide bonds. The van der Waals surface area contributed by atoms with Crippen molar-refractivity contribution < 1.29 is 14.7 Å². The molecule has 0 aliphatic rings. The maximum atomic E-state index is 12.0. The number of nitrogens with zero attached hydrogens (tertiary/aromatic N) is 2. The molecule has 3 N–H and O–H groups in total. The van der Waals surface area contributed by atoms with Crippen LogP contribution in [0.25, 0.3) is 0 Å². The molecule has 112 valence electrons. The Labute approximate surface area is 125 Å². The van der Waals surface area contributed by atoms with E-state index in [9.17, 15) is 9.59 Å². The van der Waals surface area contributed by atoms with Gasteiger partial charge in [0.2, 0.25) is 0 Å². The third-order valence-electron chi connectivity index (χ3n) is 2.88. The average molecular weight is 308 g/mol. The molecule has 0 aliphatic heterocycles. The summed E-state index contributed by atoms with van der Waals surface area (Å²) >= 11 is 1.55. The standard InChI is InChI=1S/C13H16N4O3S/c1-6(2)12-17-7(3)8(21-12)4-14-11(18)9-10(13(19)20)16-5-15-9/h5-6H,4H2,1-3H3,(H,14,18)(H,15,16)(H,19,20). The molecule has 8 heteroatoms. The number of carbonyl (C=O) groups is 2. The normalized spacial score (nSPS) is 10.9. The molecule has 0 saturated heterocycles. The quantitative estimate of drug-likeness (QED) is 0.782. The maximum absolute atomic E-state index is 12.0. The summed E-state index contributed by atoms with van der Waals surface area (Å²) in [6, 6.07) is 0. The van der Waals surface area contributed by atoms with Gasteiger partial charge in [-0.2, -0.15) is 0 Å². The maximum Gasteiger partial charge on any atom is 0.354 e. The number of aryl methyl sites for hydroxylation is 1. The third kappa shape index (κ3) is 3.27. The molecule has 0 atom stereocenters. The summed E-state index contributed by atoms with van der Waals surface area (Å²) < 4.78 is 0. The van der Waals surface area contributed by atoms with Crippen LogP contribution < -0.4 is 5.32 Å². The first-order valence-electron chi connectivity index (χ1n) is 6.41. The summed E-state index contributed by atoms with van der Waals surface area (Å²) in [4.78, 5) is 34.5. The molecule has 0 bridgehead atoms. The van der Waals surface area contributed by atoms with Crippen molar-refractivity contribution in [1.82, 2.24) is 20.3 Å². The van der Waals surface area contributed by atoms with Crippen molar-refractivity contribution in [2.45, 2.75) is 33.2 Å². The summed E-state index contributed by atoms with van der Waals surface area (Å²) in [5.41, 5.74) is 0.551. The van der Waals surface area contributed by atoms with E-state index in [0.717, 1.165) is 15.6 Å². The molecule has 0 saturated carbocycles. The first kappa shape index (κ1) is 15.2. The first-order chi connectivity index (χ1) is 9.90. The number of hydrogen-bond donors (Lipinski definition) is 3. The highest BCUT2D eigenvalue weighted by Crippen LogP contribution is 2.24. The molecule has 21 heavy (non-hydrogen) atoms. The predicted octanol–water partition coefficient (Wildman–Crippen LogP) is 1.93. The number of thiazole rings is 1. The highest BCUT2D eigenvalue weighted by Gasteiger charge is 2.20. The van der Waals surface area contributed by atoms with E-state index >= 15 is 0 Å². The molecule has 2 aromatic rings. The third-order valence-corrected chi connectivity index (χ3v) is 4.34. The lowest BCUT2D eigenvalue weighted by Gasteiger charge is -2.02. The van der Waals surface area contributed by atoms with Crippen LogP contribution in [-0.4, -0.2) is 31.9 Å². The second-order valence-electron chi connectivity index (χ2n) is 4.83. The molecule has 0 radical (unpaired) electrons. The number of H-pyrrole nitrogens is 1. The lowest BCUT2D eigenvalue weighted by Crippen LogP contribution is -2.25. The Kier molecular flexibility index (Phi) is 4.37. The minimum Gasteiger partial charge on any atom is -0.477 e. The van der Waals surface area contributed by atoms with Crippen molar-refractivity contribution >= 4 is 23.2 Å². The Morgan fingerprint density at radius 3 is 2.76 bits per heavy atom. The minimum absolute atomic E-state index is 0.117. The highest BCUT2D eigenvalue weighted by molar-refractivity contribution is 7.11. The van der Waals surface area contributed by atoms with Gasteiger partial charge in [0, 0.05) is 10.8 Å². The van der Waals surface area contributed by atoms with Gasteiger partial charge in [-0.1, -0.05) is 13.8 Å². The van der Waals surface area contributed by atoms with Gasteiger partial charge >= 0.3 is 5.97 Å². The molecule has 2 rings (SSSR count). The highest BCUT2D eigenvalue weighted by atomic mass is 32.1. The molecule has 0 aromatic carbocycles. The molecule has 0 fully saturated rings. The number of amides is 1. The van der Waals surface area contributed by atoms with Crippen LogP contribution in [0.1, 0.15) is 56.3 Å². The van der Waals surface area contributed by atoms with E-state index in [1.807, 2.05) is 6.92 Å². The van der Waals surface area contributed by atoms with Crippen LogP contribution in [0.5, 0.6) is 0 Å². The smallest absolute Gasteiger partial charge is 0.354 e. The molecule has 7 nitrogen and oxygen atoms in total. The van der Waals surface area contributed by atoms with Crippen molar-refractivity contribution in [2.24, 2.45) is 0 Å². The number of nitrogens with one attached hydrogen (secondary N) is 2. The Morgan fingerprint density at radius 1 is 1.48 bits per heavy atom. The second-order valence-corrected chi connectivity index (χ2v) is 5.94. The van der Waals surface area contributed by atoms with E-state index in [1.165, 1.54) is 6.33 Å². The van der Waals surface area contributed by atoms with Crippen molar-refractivity contribution in [3.8, 4) is 0 Å². The van der Waals surface area contributed by atoms with Crippen molar-refractivity contribution in [3.63, 3.8) is 0 Å². The number of aromatic nitrogens is 3. The van der Waals surface area contributed by atoms with E-state index < -0.39 is 11.9 Å². The van der Waals surface area contributed by atoms with Gasteiger partial charge in [-0.3, -0.25) is 4.79 Å². The van der Waals surface area contributed by atoms with Crippen LogP contribution in [0.3, 0.4) is 0 Å². The van der Waals surface area contributed by atoms with Gasteiger partial charge in [0.15, 0.2) is 11.4 Å². The molecular weight excluding hydrogens is 292 g/mol. The molecule has 0 spiro atoms. The lowest BCUT2D eigenvalue weighted by atomic mass is 10.2. The zero-order valence-corrected chi connectivity index (χ0v) is 12.7. The number of hydrogen-bond acceptors (Lipinski definition) is 5. The van der Waals surface area contributed by atoms with Gasteiger partial charge in [0.05, 0.1) is 23.6 Å². The van der Waals surface area contributed by atoms with Crippen LogP contribution in [0.15, 0.2) is 6.33 Å². The van der Waals surface area contributed by atoms with Gasteiger partial charge in [-0.05, 0) is 6.92 Å². The van der Waals surface area contributed by atoms with E-state index in [-0.39, 0.29) is 11.4 Å². The predicted molar refractivity (Wildman–Crippen MR) is 77.7 cm³/mol. The topological polar surface area (TPSA) is 108 Å². The monoisotopic (exact) mass is 308 g/mol. The average Bonchev–Trinajstić information content (AvgIpc) is 3.02. The van der Waals surface area contributed by atoms with Gasteiger partial charge in [0.1, 0.15) is 0 Å². The minimum atomic E-state index is -1.21. The van der Waals surface area contributed by atoms with Crippen molar-refractivity contribution in [1.29, 1.82) is 0 Å². The van der Waals surface area contributed by atoms with E-state index in [4.69, 9.17) is 5.11 Å². The molecule has 0 unspecified atom stereocenters. The fourth-order valence-electron chi connectivity index (χ4n) is 1.74. The summed E-state index contributed by atoms with van der Waals surface area (Å²) in [7, 11) is 0. The lowest BCUT2D eigenvalue weighted by molar-refractivity contribution is 0.0685. The number of aromatic carboxylic acids is 1. The van der Waals surface area contributed by atoms with E-state index in [0.29, 0.717) is 12.5 Å². The Morgan fingerprint density at radius 2 is 2.19 bits per heavy atom. The summed E-state index contributed by atoms with van der Waals surface area (Å²) in [6.45, 7) is 6.31. The van der Waals surface area contributed by atoms with Crippen molar-refractivity contribution in [3.05, 3.63) is 33.3 Å². The van der Waals surface area contributed by atoms with Gasteiger partial charge in [-0.25, -0.2) is 14.8 Å². The molecular formula is C13H16N4O3S. The SMILES string of the molecule is Cc1nc(C(C)C)sc1CNC(=O)c1nc[nH]c1C(=O)O. The fraction of sp³-hybridized carbons (Fsp3) is 0.385. The zero-order chi connectivity index (χ0) is 15.6. The number of carboxylic acids is 1. The van der Waals surface area contributed by atoms with Crippen molar-refractivity contribution in [2.75, 3.05) is 0 Å². The molecule has 0 aliphatic carbocycles. The fourth-order valence-corrected chi connectivity index (χ4v) is 2.74. The largest absolute Gasteiger partial charge is 0.477 e. The van der Waals surface area contributed by atoms with Crippen LogP contribution in [0.4, 0.5) is 0 Å². The summed E-state index contributed by atoms with van der Waals surface area (Å²) in [5, 5.41) is 12.6. The van der Waals surface area contributed by atoms with Crippen LogP contribution in [0.2, 0.25) is 0 Å². The summed E-state index contributed by atoms with van der Waals surface area (Å²) in [6.07, 6.45) is 1.19. The summed E-state index contributed by atoms with van der Waals surface area (Å²) in [5.74, 6) is -1.40. The van der Waals surface area contributed by atoms with Crippen LogP contribution >= 0.6 is 11.3 Å². The van der Waals surface area contributed by atoms with Gasteiger partial charge < -0.3 is 15.4 Å². The molecule has 2 aromatic heterocycles. The second kappa shape index (κ2) is 6.04. The number of carbonyl (C=O) groups excluding carboxylic acids is 1. The van der Waals surface area contributed by atoms with Crippen LogP contribution in [0, 0.1) is 6.92 Å². The number of carboxylic acid groups (broad SMARTS) is 1. The Balaban J connectivity index is 2.07. The van der Waals surface area contributed by atoms with Crippen LogP contribution in [-0.2, 0) is 6.54 Å². The first-order valence-corrected chi connectivity index (χ1v) is 7.22. The number of imidazole rings is 1. The van der Waals surface area contributed by atoms with Gasteiger partial charge in [-0.15, -0.1) is 11.3 Å². The van der Waals surface area contributed by atoms with E-state index in [2.05, 4.69) is 34.1 Å². The Hall–Kier alpha value is -2.22.